The molecule has 0 saturated heterocycles. The first-order chi connectivity index (χ1) is 15.2. The Hall–Kier alpha value is -3.97. The molecule has 31 heavy (non-hydrogen) atoms. The predicted octanol–water partition coefficient (Wildman–Crippen LogP) is 6.30. The molecule has 1 rings (SSSR count). The lowest BCUT2D eigenvalue weighted by Gasteiger charge is -1.99. The van der Waals surface area contributed by atoms with Crippen molar-refractivity contribution < 1.29 is 9.84 Å². The summed E-state index contributed by atoms with van der Waals surface area (Å²) in [4.78, 5) is 4.26. The number of rotatable bonds is 11. The van der Waals surface area contributed by atoms with Gasteiger partial charge in [-0.05, 0) is 30.2 Å². The molecule has 0 saturated carbocycles. The summed E-state index contributed by atoms with van der Waals surface area (Å²) in [6.45, 7) is 8.16. The number of allylic oxidation sites excluding steroid dienone is 9. The Morgan fingerprint density at radius 2 is 2.00 bits per heavy atom. The lowest BCUT2D eigenvalue weighted by molar-refractivity contribution is 0.282. The second kappa shape index (κ2) is 19.4. The lowest BCUT2D eigenvalue weighted by atomic mass is 10.2. The molecule has 0 radical (unpaired) electrons. The number of hydrogen-bond acceptors (Lipinski definition) is 4. The van der Waals surface area contributed by atoms with Gasteiger partial charge in [-0.3, -0.25) is 4.99 Å². The Labute approximate surface area is 186 Å². The Balaban J connectivity index is 0.00000436. The number of nitrogens with two attached hydrogens (primary N) is 1. The SMILES string of the molecule is C#C/C=C(C=Nc1ccccc1O)\C=C/CC=C/C=C/C=C(\C=C)CO/C=C\N.CC. The summed E-state index contributed by atoms with van der Waals surface area (Å²) in [5, 5.41) is 9.74. The molecule has 162 valence electrons. The van der Waals surface area contributed by atoms with Crippen molar-refractivity contribution >= 4 is 11.9 Å². The van der Waals surface area contributed by atoms with Crippen LogP contribution in [0, 0.1) is 12.3 Å². The molecule has 0 atom stereocenters. The Morgan fingerprint density at radius 1 is 1.23 bits per heavy atom. The van der Waals surface area contributed by atoms with Crippen molar-refractivity contribution in [1.82, 2.24) is 0 Å². The van der Waals surface area contributed by atoms with Crippen LogP contribution >= 0.6 is 0 Å². The number of nitrogens with zero attached hydrogens (tertiary/aromatic N) is 1. The zero-order valence-electron chi connectivity index (χ0n) is 18.3. The van der Waals surface area contributed by atoms with E-state index < -0.39 is 0 Å². The number of ether oxygens (including phenoxy) is 1. The topological polar surface area (TPSA) is 67.8 Å². The van der Waals surface area contributed by atoms with Gasteiger partial charge in [-0.25, -0.2) is 0 Å². The molecule has 0 spiro atoms. The monoisotopic (exact) mass is 416 g/mol. The van der Waals surface area contributed by atoms with E-state index in [1.807, 2.05) is 62.4 Å². The maximum atomic E-state index is 9.74. The third kappa shape index (κ3) is 13.8. The second-order valence-electron chi connectivity index (χ2n) is 5.59. The van der Waals surface area contributed by atoms with Crippen molar-refractivity contribution in [2.24, 2.45) is 10.7 Å². The molecule has 0 aliphatic rings. The molecule has 0 aromatic heterocycles. The van der Waals surface area contributed by atoms with Crippen LogP contribution in [0.5, 0.6) is 5.75 Å². The fraction of sp³-hybridized carbons (Fsp3) is 0.148. The smallest absolute Gasteiger partial charge is 0.141 e. The molecule has 3 N–H and O–H groups in total. The van der Waals surface area contributed by atoms with Gasteiger partial charge in [0.05, 0.1) is 6.26 Å². The van der Waals surface area contributed by atoms with Gasteiger partial charge in [0, 0.05) is 18.0 Å². The van der Waals surface area contributed by atoms with Crippen molar-refractivity contribution in [3.05, 3.63) is 109 Å². The van der Waals surface area contributed by atoms with Gasteiger partial charge in [0.25, 0.3) is 0 Å². The van der Waals surface area contributed by atoms with Crippen LogP contribution < -0.4 is 5.73 Å². The van der Waals surface area contributed by atoms with E-state index in [9.17, 15) is 5.11 Å². The quantitative estimate of drug-likeness (QED) is 0.193. The highest BCUT2D eigenvalue weighted by Crippen LogP contribution is 2.24. The van der Waals surface area contributed by atoms with Gasteiger partial charge in [-0.2, -0.15) is 0 Å². The number of aromatic hydroxyl groups is 1. The van der Waals surface area contributed by atoms with Crippen LogP contribution in [0.2, 0.25) is 0 Å². The average molecular weight is 417 g/mol. The highest BCUT2D eigenvalue weighted by Gasteiger charge is 1.95. The van der Waals surface area contributed by atoms with Crippen LogP contribution in [-0.2, 0) is 4.74 Å². The molecule has 0 bridgehead atoms. The molecule has 0 aliphatic heterocycles. The first-order valence-electron chi connectivity index (χ1n) is 9.99. The molecule has 0 amide bonds. The molecule has 0 heterocycles. The summed E-state index contributed by atoms with van der Waals surface area (Å²) in [6, 6.07) is 6.87. The second-order valence-corrected chi connectivity index (χ2v) is 5.59. The molecule has 0 unspecified atom stereocenters. The molecule has 4 heteroatoms. The van der Waals surface area contributed by atoms with E-state index >= 15 is 0 Å². The van der Waals surface area contributed by atoms with Gasteiger partial charge >= 0.3 is 0 Å². The number of phenolic OH excluding ortho intramolecular Hbond substituents is 1. The average Bonchev–Trinajstić information content (AvgIpc) is 2.80. The molecule has 1 aromatic rings. The standard InChI is InChI=1S/C25H26N2O2.C2H6/c1-3-13-23(20-27-24-16-11-12-17-25(24)28)15-10-8-6-5-7-9-14-22(4-2)21-29-19-18-26;1-2/h1,4-7,9-20,28H,2,8,21,26H2;1-2H3/b6-5?,9-7+,15-10-,19-18-,22-14+,23-13+,27-20?;. The highest BCUT2D eigenvalue weighted by atomic mass is 16.5. The minimum absolute atomic E-state index is 0.124. The number of hydrogen-bond donors (Lipinski definition) is 2. The van der Waals surface area contributed by atoms with Crippen molar-refractivity contribution in [3.8, 4) is 18.1 Å². The van der Waals surface area contributed by atoms with Crippen LogP contribution in [0.25, 0.3) is 0 Å². The maximum absolute atomic E-state index is 9.74. The van der Waals surface area contributed by atoms with Crippen LogP contribution in [0.15, 0.2) is 114 Å². The molecule has 1 aromatic carbocycles. The Bertz CT molecular complexity index is 892. The van der Waals surface area contributed by atoms with Crippen LogP contribution in [0.3, 0.4) is 0 Å². The highest BCUT2D eigenvalue weighted by molar-refractivity contribution is 5.85. The van der Waals surface area contributed by atoms with E-state index in [4.69, 9.17) is 16.9 Å². The van der Waals surface area contributed by atoms with Gasteiger partial charge in [-0.15, -0.1) is 6.42 Å². The number of benzene rings is 1. The summed E-state index contributed by atoms with van der Waals surface area (Å²) < 4.78 is 5.19. The Kier molecular flexibility index (Phi) is 16.9. The zero-order valence-corrected chi connectivity index (χ0v) is 18.3. The van der Waals surface area contributed by atoms with E-state index in [-0.39, 0.29) is 5.75 Å². The minimum atomic E-state index is 0.124. The lowest BCUT2D eigenvalue weighted by Crippen LogP contribution is -1.90. The van der Waals surface area contributed by atoms with Crippen LogP contribution in [-0.4, -0.2) is 17.9 Å². The van der Waals surface area contributed by atoms with Crippen LogP contribution in [0.4, 0.5) is 5.69 Å². The number of aliphatic imine (C=N–C) groups is 1. The van der Waals surface area contributed by atoms with Gasteiger partial charge in [0.15, 0.2) is 0 Å². The number of para-hydroxylation sites is 2. The summed E-state index contributed by atoms with van der Waals surface area (Å²) in [6.07, 6.45) is 27.4. The summed E-state index contributed by atoms with van der Waals surface area (Å²) in [5.41, 5.74) is 7.41. The number of phenols is 1. The normalized spacial score (nSPS) is 12.5. The first kappa shape index (κ1) is 27.0. The third-order valence-corrected chi connectivity index (χ3v) is 3.42. The van der Waals surface area contributed by atoms with Gasteiger partial charge in [-0.1, -0.05) is 87.1 Å². The van der Waals surface area contributed by atoms with Gasteiger partial charge < -0.3 is 15.6 Å². The number of terminal acetylenes is 1. The largest absolute Gasteiger partial charge is 0.506 e. The van der Waals surface area contributed by atoms with Gasteiger partial charge in [0.2, 0.25) is 0 Å². The van der Waals surface area contributed by atoms with E-state index in [0.29, 0.717) is 12.3 Å². The van der Waals surface area contributed by atoms with E-state index in [0.717, 1.165) is 17.6 Å². The summed E-state index contributed by atoms with van der Waals surface area (Å²) >= 11 is 0. The van der Waals surface area contributed by atoms with Crippen molar-refractivity contribution in [2.75, 3.05) is 6.61 Å². The fourth-order valence-electron chi connectivity index (χ4n) is 2.00. The van der Waals surface area contributed by atoms with E-state index in [2.05, 4.69) is 17.5 Å². The minimum Gasteiger partial charge on any atom is -0.506 e. The van der Waals surface area contributed by atoms with Crippen molar-refractivity contribution in [2.45, 2.75) is 20.3 Å². The molecule has 4 nitrogen and oxygen atoms in total. The van der Waals surface area contributed by atoms with Crippen LogP contribution in [0.1, 0.15) is 20.3 Å². The van der Waals surface area contributed by atoms with E-state index in [1.54, 1.807) is 36.6 Å². The molecular weight excluding hydrogens is 384 g/mol. The summed E-state index contributed by atoms with van der Waals surface area (Å²) in [5.74, 6) is 2.61. The first-order valence-corrected chi connectivity index (χ1v) is 9.99. The fourth-order valence-corrected chi connectivity index (χ4v) is 2.00. The predicted molar refractivity (Wildman–Crippen MR) is 134 cm³/mol. The maximum Gasteiger partial charge on any atom is 0.141 e. The molecule has 0 fully saturated rings. The molecular formula is C27H32N2O2. The summed E-state index contributed by atoms with van der Waals surface area (Å²) in [7, 11) is 0. The van der Waals surface area contributed by atoms with Crippen molar-refractivity contribution in [1.29, 1.82) is 0 Å². The van der Waals surface area contributed by atoms with Gasteiger partial charge in [0.1, 0.15) is 18.0 Å². The van der Waals surface area contributed by atoms with E-state index in [1.165, 1.54) is 12.5 Å². The zero-order chi connectivity index (χ0) is 23.2. The van der Waals surface area contributed by atoms with Crippen molar-refractivity contribution in [3.63, 3.8) is 0 Å². The Morgan fingerprint density at radius 3 is 2.68 bits per heavy atom. The third-order valence-electron chi connectivity index (χ3n) is 3.42. The molecule has 0 aliphatic carbocycles.